The third-order valence-electron chi connectivity index (χ3n) is 6.70. The second-order valence-corrected chi connectivity index (χ2v) is 7.77. The van der Waals surface area contributed by atoms with Gasteiger partial charge in [0.05, 0.1) is 0 Å². The summed E-state index contributed by atoms with van der Waals surface area (Å²) in [5.41, 5.74) is 6.03. The van der Waals surface area contributed by atoms with E-state index in [4.69, 9.17) is 0 Å². The molecule has 0 spiro atoms. The quantitative estimate of drug-likeness (QED) is 0.782. The molecule has 6 rings (SSSR count). The van der Waals surface area contributed by atoms with E-state index in [0.29, 0.717) is 6.04 Å². The second kappa shape index (κ2) is 4.86. The number of nitrogens with zero attached hydrogens (tertiary/aromatic N) is 2. The average Bonchev–Trinajstić information content (AvgIpc) is 2.59. The van der Waals surface area contributed by atoms with Crippen molar-refractivity contribution in [3.05, 3.63) is 41.5 Å². The summed E-state index contributed by atoms with van der Waals surface area (Å²) in [6, 6.07) is 7.64. The summed E-state index contributed by atoms with van der Waals surface area (Å²) in [6.07, 6.45) is 6.79. The van der Waals surface area contributed by atoms with Gasteiger partial charge >= 0.3 is 0 Å². The number of hydrogen-bond donors (Lipinski definition) is 0. The Hall–Kier alpha value is -1.28. The van der Waals surface area contributed by atoms with E-state index in [0.717, 1.165) is 11.8 Å². The van der Waals surface area contributed by atoms with Gasteiger partial charge in [-0.2, -0.15) is 0 Å². The molecule has 1 aliphatic carbocycles. The second-order valence-electron chi connectivity index (χ2n) is 7.77. The van der Waals surface area contributed by atoms with Crippen LogP contribution in [0.25, 0.3) is 5.70 Å². The van der Waals surface area contributed by atoms with Gasteiger partial charge in [0.15, 0.2) is 0 Å². The first-order valence-corrected chi connectivity index (χ1v) is 9.11. The zero-order valence-corrected chi connectivity index (χ0v) is 13.4. The molecule has 1 aromatic rings. The Kier molecular flexibility index (Phi) is 2.91. The minimum Gasteiger partial charge on any atom is -0.366 e. The van der Waals surface area contributed by atoms with E-state index in [-0.39, 0.29) is 0 Å². The van der Waals surface area contributed by atoms with E-state index < -0.39 is 0 Å². The fourth-order valence-corrected chi connectivity index (χ4v) is 5.56. The number of hydrogen-bond acceptors (Lipinski definition) is 2. The van der Waals surface area contributed by atoms with Gasteiger partial charge in [0.25, 0.3) is 0 Å². The monoisotopic (exact) mass is 294 g/mol. The SMILES string of the molecule is C=C1c2cccc3c2C(CCC3)CN1[C@@H]1CN2CCC1CC2. The summed E-state index contributed by atoms with van der Waals surface area (Å²) < 4.78 is 0. The predicted molar refractivity (Wildman–Crippen MR) is 90.8 cm³/mol. The van der Waals surface area contributed by atoms with Crippen molar-refractivity contribution in [2.45, 2.75) is 44.1 Å². The Morgan fingerprint density at radius 1 is 1.05 bits per heavy atom. The maximum absolute atomic E-state index is 4.54. The Bertz CT molecular complexity index is 612. The van der Waals surface area contributed by atoms with Crippen molar-refractivity contribution in [1.82, 2.24) is 9.80 Å². The largest absolute Gasteiger partial charge is 0.366 e. The molecule has 0 radical (unpaired) electrons. The molecule has 4 aliphatic heterocycles. The maximum Gasteiger partial charge on any atom is 0.0446 e. The number of fused-ring (bicyclic) bond motifs is 3. The fourth-order valence-electron chi connectivity index (χ4n) is 5.56. The minimum absolute atomic E-state index is 0.716. The standard InChI is InChI=1S/C20H26N2/c1-14-18-7-3-5-16-4-2-6-17(20(16)18)12-22(14)19-13-21-10-8-15(19)9-11-21/h3,5,7,15,17,19H,1-2,4,6,8-13H2/t17?,19-/m1/s1. The molecule has 116 valence electrons. The zero-order chi connectivity index (χ0) is 14.7. The Morgan fingerprint density at radius 3 is 2.68 bits per heavy atom. The van der Waals surface area contributed by atoms with Crippen LogP contribution >= 0.6 is 0 Å². The van der Waals surface area contributed by atoms with Crippen LogP contribution in [0.1, 0.15) is 48.3 Å². The minimum atomic E-state index is 0.716. The lowest BCUT2D eigenvalue weighted by Gasteiger charge is -2.53. The average molecular weight is 294 g/mol. The first kappa shape index (κ1) is 13.2. The van der Waals surface area contributed by atoms with Crippen LogP contribution in [-0.2, 0) is 6.42 Å². The van der Waals surface area contributed by atoms with Crippen LogP contribution in [0.15, 0.2) is 24.8 Å². The molecule has 2 heteroatoms. The van der Waals surface area contributed by atoms with Crippen LogP contribution in [0.5, 0.6) is 0 Å². The zero-order valence-electron chi connectivity index (χ0n) is 13.4. The lowest BCUT2D eigenvalue weighted by molar-refractivity contribution is 0.0261. The van der Waals surface area contributed by atoms with E-state index >= 15 is 0 Å². The summed E-state index contributed by atoms with van der Waals surface area (Å²) in [4.78, 5) is 5.38. The van der Waals surface area contributed by atoms with Crippen molar-refractivity contribution >= 4 is 5.70 Å². The molecule has 4 heterocycles. The highest BCUT2D eigenvalue weighted by Crippen LogP contribution is 2.45. The molecule has 0 amide bonds. The maximum atomic E-state index is 4.54. The van der Waals surface area contributed by atoms with Gasteiger partial charge in [0.1, 0.15) is 0 Å². The molecule has 3 fully saturated rings. The van der Waals surface area contributed by atoms with Crippen LogP contribution in [-0.4, -0.2) is 42.0 Å². The van der Waals surface area contributed by atoms with Crippen molar-refractivity contribution in [2.75, 3.05) is 26.2 Å². The van der Waals surface area contributed by atoms with Gasteiger partial charge < -0.3 is 9.80 Å². The summed E-state index contributed by atoms with van der Waals surface area (Å²) >= 11 is 0. The third kappa shape index (κ3) is 1.83. The Balaban J connectivity index is 1.53. The number of piperidine rings is 3. The lowest BCUT2D eigenvalue weighted by atomic mass is 9.75. The molecule has 1 aromatic carbocycles. The highest BCUT2D eigenvalue weighted by molar-refractivity contribution is 5.70. The molecule has 22 heavy (non-hydrogen) atoms. The number of rotatable bonds is 1. The van der Waals surface area contributed by atoms with Crippen LogP contribution in [0, 0.1) is 5.92 Å². The smallest absolute Gasteiger partial charge is 0.0446 e. The first-order chi connectivity index (χ1) is 10.8. The highest BCUT2D eigenvalue weighted by atomic mass is 15.3. The van der Waals surface area contributed by atoms with E-state index in [1.54, 1.807) is 11.1 Å². The van der Waals surface area contributed by atoms with Crippen LogP contribution in [0.4, 0.5) is 0 Å². The van der Waals surface area contributed by atoms with Crippen molar-refractivity contribution in [1.29, 1.82) is 0 Å². The topological polar surface area (TPSA) is 6.48 Å². The van der Waals surface area contributed by atoms with Crippen molar-refractivity contribution < 1.29 is 0 Å². The molecular weight excluding hydrogens is 268 g/mol. The van der Waals surface area contributed by atoms with Crippen LogP contribution < -0.4 is 0 Å². The van der Waals surface area contributed by atoms with Gasteiger partial charge in [-0.05, 0) is 62.2 Å². The van der Waals surface area contributed by atoms with Crippen LogP contribution in [0.3, 0.4) is 0 Å². The Morgan fingerprint density at radius 2 is 1.91 bits per heavy atom. The molecule has 3 saturated heterocycles. The molecule has 0 N–H and O–H groups in total. The summed E-state index contributed by atoms with van der Waals surface area (Å²) in [6.45, 7) is 9.68. The van der Waals surface area contributed by atoms with Gasteiger partial charge in [-0.3, -0.25) is 0 Å². The molecule has 1 unspecified atom stereocenters. The van der Waals surface area contributed by atoms with Gasteiger partial charge in [-0.15, -0.1) is 0 Å². The molecule has 5 aliphatic rings. The number of aryl methyl sites for hydroxylation is 1. The summed E-state index contributed by atoms with van der Waals surface area (Å²) in [5, 5.41) is 0. The predicted octanol–water partition coefficient (Wildman–Crippen LogP) is 3.49. The highest BCUT2D eigenvalue weighted by Gasteiger charge is 2.41. The van der Waals surface area contributed by atoms with Gasteiger partial charge in [-0.25, -0.2) is 0 Å². The van der Waals surface area contributed by atoms with Crippen molar-refractivity contribution in [2.24, 2.45) is 5.92 Å². The van der Waals surface area contributed by atoms with Gasteiger partial charge in [0.2, 0.25) is 0 Å². The van der Waals surface area contributed by atoms with E-state index in [1.165, 1.54) is 69.5 Å². The fraction of sp³-hybridized carbons (Fsp3) is 0.600. The third-order valence-corrected chi connectivity index (χ3v) is 6.70. The molecule has 0 saturated carbocycles. The lowest BCUT2D eigenvalue weighted by Crippen LogP contribution is -2.58. The van der Waals surface area contributed by atoms with E-state index in [1.807, 2.05) is 0 Å². The first-order valence-electron chi connectivity index (χ1n) is 9.11. The Labute approximate surface area is 133 Å². The summed E-state index contributed by atoms with van der Waals surface area (Å²) in [5.74, 6) is 1.65. The van der Waals surface area contributed by atoms with Crippen LogP contribution in [0.2, 0.25) is 0 Å². The molecule has 2 bridgehead atoms. The summed E-state index contributed by atoms with van der Waals surface area (Å²) in [7, 11) is 0. The molecular formula is C20H26N2. The number of benzene rings is 1. The molecule has 2 atom stereocenters. The van der Waals surface area contributed by atoms with Crippen molar-refractivity contribution in [3.63, 3.8) is 0 Å². The van der Waals surface area contributed by atoms with E-state index in [9.17, 15) is 0 Å². The van der Waals surface area contributed by atoms with Gasteiger partial charge in [0, 0.05) is 36.3 Å². The normalized spacial score (nSPS) is 36.4. The van der Waals surface area contributed by atoms with Gasteiger partial charge in [-0.1, -0.05) is 24.8 Å². The molecule has 0 aromatic heterocycles. The van der Waals surface area contributed by atoms with Crippen molar-refractivity contribution in [3.8, 4) is 0 Å². The molecule has 2 nitrogen and oxygen atoms in total. The van der Waals surface area contributed by atoms with E-state index in [2.05, 4.69) is 34.6 Å².